The van der Waals surface area contributed by atoms with Crippen LogP contribution < -0.4 is 15.5 Å². The minimum Gasteiger partial charge on any atom is -0.492 e. The molecular weight excluding hydrogens is 204 g/mol. The van der Waals surface area contributed by atoms with Crippen molar-refractivity contribution >= 4 is 17.0 Å². The van der Waals surface area contributed by atoms with Crippen LogP contribution in [0.1, 0.15) is 6.92 Å². The van der Waals surface area contributed by atoms with Gasteiger partial charge in [0.25, 0.3) is 0 Å². The number of fused-ring (bicyclic) bond motifs is 1. The van der Waals surface area contributed by atoms with Crippen LogP contribution in [-0.4, -0.2) is 30.4 Å². The van der Waals surface area contributed by atoms with Crippen LogP contribution >= 0.6 is 0 Å². The number of ether oxygens (including phenoxy) is 1. The minimum absolute atomic E-state index is 0.465. The Balaban J connectivity index is 2.67. The lowest BCUT2D eigenvalue weighted by Gasteiger charge is -2.16. The third-order valence-corrected chi connectivity index (χ3v) is 2.35. The number of benzene rings is 1. The molecule has 0 radical (unpaired) electrons. The molecular formula is C11H16N4O. The molecule has 16 heavy (non-hydrogen) atoms. The second kappa shape index (κ2) is 3.92. The highest BCUT2D eigenvalue weighted by atomic mass is 16.5. The van der Waals surface area contributed by atoms with E-state index in [2.05, 4.69) is 4.98 Å². The predicted octanol–water partition coefficient (Wildman–Crippen LogP) is 1.21. The minimum atomic E-state index is 0.465. The first kappa shape index (κ1) is 10.6. The van der Waals surface area contributed by atoms with Gasteiger partial charge in [-0.15, -0.1) is 0 Å². The maximum absolute atomic E-state index is 5.87. The van der Waals surface area contributed by atoms with Gasteiger partial charge in [-0.3, -0.25) is 0 Å². The molecule has 0 fully saturated rings. The van der Waals surface area contributed by atoms with Gasteiger partial charge >= 0.3 is 0 Å². The van der Waals surface area contributed by atoms with E-state index in [9.17, 15) is 0 Å². The molecule has 1 aromatic carbocycles. The van der Waals surface area contributed by atoms with E-state index in [1.54, 1.807) is 0 Å². The molecule has 5 heteroatoms. The Morgan fingerprint density at radius 1 is 1.44 bits per heavy atom. The number of hydrogen-bond acceptors (Lipinski definition) is 4. The molecule has 2 rings (SSSR count). The summed E-state index contributed by atoms with van der Waals surface area (Å²) in [7, 11) is 3.84. The summed E-state index contributed by atoms with van der Waals surface area (Å²) in [6, 6.07) is 5.81. The molecule has 0 amide bonds. The fourth-order valence-corrected chi connectivity index (χ4v) is 1.77. The molecule has 0 aliphatic heterocycles. The van der Waals surface area contributed by atoms with Crippen molar-refractivity contribution in [3.63, 3.8) is 0 Å². The fraction of sp³-hybridized carbons (Fsp3) is 0.364. The maximum atomic E-state index is 5.87. The Kier molecular flexibility index (Phi) is 2.60. The number of aromatic nitrogens is 2. The third kappa shape index (κ3) is 1.54. The normalized spacial score (nSPS) is 10.7. The first-order chi connectivity index (χ1) is 7.65. The van der Waals surface area contributed by atoms with Gasteiger partial charge in [-0.1, -0.05) is 6.07 Å². The lowest BCUT2D eigenvalue weighted by molar-refractivity contribution is 0.343. The Morgan fingerprint density at radius 2 is 2.19 bits per heavy atom. The zero-order valence-electron chi connectivity index (χ0n) is 9.77. The topological polar surface area (TPSA) is 56.3 Å². The molecule has 1 heterocycles. The number of hydrogen-bond donors (Lipinski definition) is 1. The maximum Gasteiger partial charge on any atom is 0.220 e. The summed E-state index contributed by atoms with van der Waals surface area (Å²) in [6.45, 7) is 2.57. The van der Waals surface area contributed by atoms with E-state index in [0.717, 1.165) is 16.8 Å². The molecule has 0 saturated heterocycles. The molecule has 2 aromatic rings. The van der Waals surface area contributed by atoms with Crippen molar-refractivity contribution in [3.8, 4) is 5.75 Å². The Labute approximate surface area is 94.4 Å². The zero-order valence-corrected chi connectivity index (χ0v) is 9.77. The second-order valence-electron chi connectivity index (χ2n) is 3.69. The predicted molar refractivity (Wildman–Crippen MR) is 65.4 cm³/mol. The van der Waals surface area contributed by atoms with Gasteiger partial charge in [-0.05, 0) is 19.1 Å². The van der Waals surface area contributed by atoms with Crippen molar-refractivity contribution in [1.82, 2.24) is 9.66 Å². The van der Waals surface area contributed by atoms with Crippen LogP contribution in [0.2, 0.25) is 0 Å². The van der Waals surface area contributed by atoms with Crippen LogP contribution in [0.15, 0.2) is 18.2 Å². The van der Waals surface area contributed by atoms with Crippen LogP contribution in [0.25, 0.3) is 11.0 Å². The van der Waals surface area contributed by atoms with Crippen LogP contribution in [0.3, 0.4) is 0 Å². The van der Waals surface area contributed by atoms with Crippen molar-refractivity contribution < 1.29 is 4.74 Å². The number of rotatable bonds is 3. The van der Waals surface area contributed by atoms with Gasteiger partial charge in [0.2, 0.25) is 5.95 Å². The van der Waals surface area contributed by atoms with E-state index in [1.807, 2.05) is 48.9 Å². The SMILES string of the molecule is CCOc1cccc2c1nc(N)n2N(C)C. The standard InChI is InChI=1S/C11H16N4O/c1-4-16-9-7-5-6-8-10(9)13-11(12)15(8)14(2)3/h5-7H,4H2,1-3H3,(H2,12,13). The second-order valence-corrected chi connectivity index (χ2v) is 3.69. The summed E-state index contributed by atoms with van der Waals surface area (Å²) in [6.07, 6.45) is 0. The average Bonchev–Trinajstić information content (AvgIpc) is 2.55. The molecule has 0 saturated carbocycles. The molecule has 0 atom stereocenters. The van der Waals surface area contributed by atoms with Crippen molar-refractivity contribution in [2.75, 3.05) is 31.4 Å². The number of anilines is 1. The van der Waals surface area contributed by atoms with Crippen LogP contribution in [-0.2, 0) is 0 Å². The zero-order chi connectivity index (χ0) is 11.7. The highest BCUT2D eigenvalue weighted by Gasteiger charge is 2.12. The first-order valence-corrected chi connectivity index (χ1v) is 5.22. The van der Waals surface area contributed by atoms with Crippen molar-refractivity contribution in [1.29, 1.82) is 0 Å². The molecule has 0 bridgehead atoms. The molecule has 0 spiro atoms. The van der Waals surface area contributed by atoms with Crippen LogP contribution in [0.4, 0.5) is 5.95 Å². The van der Waals surface area contributed by atoms with E-state index in [4.69, 9.17) is 10.5 Å². The van der Waals surface area contributed by atoms with E-state index < -0.39 is 0 Å². The van der Waals surface area contributed by atoms with Crippen LogP contribution in [0, 0.1) is 0 Å². The van der Waals surface area contributed by atoms with E-state index >= 15 is 0 Å². The van der Waals surface area contributed by atoms with E-state index in [-0.39, 0.29) is 0 Å². The lowest BCUT2D eigenvalue weighted by Crippen LogP contribution is -2.26. The summed E-state index contributed by atoms with van der Waals surface area (Å²) < 4.78 is 7.36. The molecule has 0 aliphatic carbocycles. The van der Waals surface area contributed by atoms with Gasteiger partial charge in [0, 0.05) is 14.1 Å². The number of nitrogens with zero attached hydrogens (tertiary/aromatic N) is 3. The van der Waals surface area contributed by atoms with Gasteiger partial charge in [-0.2, -0.15) is 0 Å². The van der Waals surface area contributed by atoms with Crippen molar-refractivity contribution in [2.45, 2.75) is 6.92 Å². The number of nitrogens with two attached hydrogens (primary N) is 1. The smallest absolute Gasteiger partial charge is 0.220 e. The molecule has 0 aliphatic rings. The molecule has 0 unspecified atom stereocenters. The van der Waals surface area contributed by atoms with Crippen molar-refractivity contribution in [3.05, 3.63) is 18.2 Å². The largest absolute Gasteiger partial charge is 0.492 e. The van der Waals surface area contributed by atoms with E-state index in [0.29, 0.717) is 12.6 Å². The van der Waals surface area contributed by atoms with Gasteiger partial charge < -0.3 is 15.5 Å². The molecule has 5 nitrogen and oxygen atoms in total. The quantitative estimate of drug-likeness (QED) is 0.844. The lowest BCUT2D eigenvalue weighted by atomic mass is 10.3. The van der Waals surface area contributed by atoms with Crippen molar-refractivity contribution in [2.24, 2.45) is 0 Å². The third-order valence-electron chi connectivity index (χ3n) is 2.35. The molecule has 1 aromatic heterocycles. The average molecular weight is 220 g/mol. The first-order valence-electron chi connectivity index (χ1n) is 5.22. The Bertz CT molecular complexity index is 504. The number of para-hydroxylation sites is 1. The molecule has 86 valence electrons. The summed E-state index contributed by atoms with van der Waals surface area (Å²) in [5.74, 6) is 1.24. The summed E-state index contributed by atoms with van der Waals surface area (Å²) >= 11 is 0. The summed E-state index contributed by atoms with van der Waals surface area (Å²) in [5.41, 5.74) is 7.63. The van der Waals surface area contributed by atoms with Gasteiger partial charge in [0.15, 0.2) is 0 Å². The summed E-state index contributed by atoms with van der Waals surface area (Å²) in [5, 5.41) is 1.89. The van der Waals surface area contributed by atoms with Crippen LogP contribution in [0.5, 0.6) is 5.75 Å². The number of imidazole rings is 1. The summed E-state index contributed by atoms with van der Waals surface area (Å²) in [4.78, 5) is 4.33. The van der Waals surface area contributed by atoms with Gasteiger partial charge in [0.1, 0.15) is 11.3 Å². The highest BCUT2D eigenvalue weighted by molar-refractivity contribution is 5.84. The van der Waals surface area contributed by atoms with Gasteiger partial charge in [0.05, 0.1) is 12.1 Å². The molecule has 2 N–H and O–H groups in total. The monoisotopic (exact) mass is 220 g/mol. The van der Waals surface area contributed by atoms with Gasteiger partial charge in [-0.25, -0.2) is 9.66 Å². The van der Waals surface area contributed by atoms with E-state index in [1.165, 1.54) is 0 Å². The number of nitrogen functional groups attached to an aromatic ring is 1. The fourth-order valence-electron chi connectivity index (χ4n) is 1.77. The Morgan fingerprint density at radius 3 is 2.81 bits per heavy atom. The highest BCUT2D eigenvalue weighted by Crippen LogP contribution is 2.26. The Hall–Kier alpha value is -1.91.